The molecule has 1 aliphatic rings. The van der Waals surface area contributed by atoms with Crippen molar-refractivity contribution in [1.29, 1.82) is 0 Å². The van der Waals surface area contributed by atoms with Crippen LogP contribution in [0.5, 0.6) is 0 Å². The lowest BCUT2D eigenvalue weighted by atomic mass is 9.85. The van der Waals surface area contributed by atoms with Gasteiger partial charge in [0.25, 0.3) is 0 Å². The topological polar surface area (TPSA) is 41.1 Å². The molecule has 3 nitrogen and oxygen atoms in total. The van der Waals surface area contributed by atoms with Gasteiger partial charge in [0, 0.05) is 6.54 Å². The Labute approximate surface area is 113 Å². The lowest BCUT2D eigenvalue weighted by molar-refractivity contribution is -0.216. The fourth-order valence-electron chi connectivity index (χ4n) is 2.20. The SMILES string of the molecule is CC(NC(=O)C1(C(F)(F)F)CCNC1)c1ccsc1. The van der Waals surface area contributed by atoms with E-state index in [1.807, 2.05) is 10.8 Å². The second-order valence-electron chi connectivity index (χ2n) is 4.76. The van der Waals surface area contributed by atoms with Crippen molar-refractivity contribution in [3.8, 4) is 0 Å². The maximum atomic E-state index is 13.2. The smallest absolute Gasteiger partial charge is 0.349 e. The van der Waals surface area contributed by atoms with E-state index >= 15 is 0 Å². The molecule has 7 heteroatoms. The van der Waals surface area contributed by atoms with E-state index in [0.717, 1.165) is 5.56 Å². The molecule has 1 amide bonds. The van der Waals surface area contributed by atoms with Crippen LogP contribution in [-0.4, -0.2) is 25.2 Å². The number of thiophene rings is 1. The average Bonchev–Trinajstić information content (AvgIpc) is 3.00. The summed E-state index contributed by atoms with van der Waals surface area (Å²) in [7, 11) is 0. The number of carbonyl (C=O) groups excluding carboxylic acids is 1. The molecule has 2 atom stereocenters. The molecule has 0 aliphatic carbocycles. The van der Waals surface area contributed by atoms with E-state index < -0.39 is 23.5 Å². The van der Waals surface area contributed by atoms with E-state index in [-0.39, 0.29) is 19.5 Å². The zero-order chi connectivity index (χ0) is 14.1. The number of carbonyl (C=O) groups is 1. The molecule has 1 aromatic rings. The van der Waals surface area contributed by atoms with Gasteiger partial charge in [0.2, 0.25) is 5.91 Å². The molecule has 2 unspecified atom stereocenters. The van der Waals surface area contributed by atoms with Crippen LogP contribution in [0, 0.1) is 5.41 Å². The standard InChI is InChI=1S/C12H15F3N2OS/c1-8(9-2-5-19-6-9)17-10(18)11(12(13,14)15)3-4-16-7-11/h2,5-6,8,16H,3-4,7H2,1H3,(H,17,18). The molecule has 1 aromatic heterocycles. The number of rotatable bonds is 3. The average molecular weight is 292 g/mol. The molecule has 1 saturated heterocycles. The van der Waals surface area contributed by atoms with E-state index in [4.69, 9.17) is 0 Å². The zero-order valence-electron chi connectivity index (χ0n) is 10.4. The van der Waals surface area contributed by atoms with Gasteiger partial charge >= 0.3 is 6.18 Å². The molecule has 0 aromatic carbocycles. The first-order valence-electron chi connectivity index (χ1n) is 5.97. The molecule has 2 heterocycles. The molecule has 0 spiro atoms. The Morgan fingerprint density at radius 3 is 2.79 bits per heavy atom. The normalized spacial score (nSPS) is 25.3. The van der Waals surface area contributed by atoms with Crippen LogP contribution in [0.1, 0.15) is 24.9 Å². The van der Waals surface area contributed by atoms with Crippen LogP contribution < -0.4 is 10.6 Å². The zero-order valence-corrected chi connectivity index (χ0v) is 11.2. The molecule has 2 rings (SSSR count). The third kappa shape index (κ3) is 2.62. The van der Waals surface area contributed by atoms with Crippen LogP contribution in [0.4, 0.5) is 13.2 Å². The number of hydrogen-bond donors (Lipinski definition) is 2. The van der Waals surface area contributed by atoms with Crippen LogP contribution in [0.3, 0.4) is 0 Å². The first-order valence-corrected chi connectivity index (χ1v) is 6.91. The predicted molar refractivity (Wildman–Crippen MR) is 66.9 cm³/mol. The van der Waals surface area contributed by atoms with Gasteiger partial charge < -0.3 is 10.6 Å². The minimum absolute atomic E-state index is 0.208. The predicted octanol–water partition coefficient (Wildman–Crippen LogP) is 2.47. The third-order valence-electron chi connectivity index (χ3n) is 3.52. The van der Waals surface area contributed by atoms with Crippen molar-refractivity contribution in [2.24, 2.45) is 5.41 Å². The van der Waals surface area contributed by atoms with Crippen molar-refractivity contribution in [3.63, 3.8) is 0 Å². The Morgan fingerprint density at radius 1 is 1.58 bits per heavy atom. The van der Waals surface area contributed by atoms with E-state index in [1.54, 1.807) is 13.0 Å². The van der Waals surface area contributed by atoms with Crippen LogP contribution in [-0.2, 0) is 4.79 Å². The molecule has 0 saturated carbocycles. The number of nitrogens with one attached hydrogen (secondary N) is 2. The van der Waals surface area contributed by atoms with Gasteiger partial charge in [0.05, 0.1) is 6.04 Å². The lowest BCUT2D eigenvalue weighted by Crippen LogP contribution is -2.52. The van der Waals surface area contributed by atoms with Crippen molar-refractivity contribution < 1.29 is 18.0 Å². The molecule has 0 bridgehead atoms. The lowest BCUT2D eigenvalue weighted by Gasteiger charge is -2.30. The number of alkyl halides is 3. The summed E-state index contributed by atoms with van der Waals surface area (Å²) >= 11 is 1.45. The third-order valence-corrected chi connectivity index (χ3v) is 4.22. The highest BCUT2D eigenvalue weighted by Crippen LogP contribution is 2.43. The Kier molecular flexibility index (Phi) is 3.87. The van der Waals surface area contributed by atoms with E-state index in [9.17, 15) is 18.0 Å². The summed E-state index contributed by atoms with van der Waals surface area (Å²) in [5, 5.41) is 8.75. The molecular formula is C12H15F3N2OS. The molecular weight excluding hydrogens is 277 g/mol. The summed E-state index contributed by atoms with van der Waals surface area (Å²) in [6.45, 7) is 1.55. The minimum Gasteiger partial charge on any atom is -0.349 e. The second kappa shape index (κ2) is 5.13. The van der Waals surface area contributed by atoms with Crippen molar-refractivity contribution >= 4 is 17.2 Å². The summed E-state index contributed by atoms with van der Waals surface area (Å²) in [4.78, 5) is 12.1. The van der Waals surface area contributed by atoms with E-state index in [1.165, 1.54) is 11.3 Å². The molecule has 2 N–H and O–H groups in total. The molecule has 1 fully saturated rings. The number of hydrogen-bond acceptors (Lipinski definition) is 3. The largest absolute Gasteiger partial charge is 0.404 e. The highest BCUT2D eigenvalue weighted by Gasteiger charge is 2.61. The number of amides is 1. The highest BCUT2D eigenvalue weighted by atomic mass is 32.1. The maximum Gasteiger partial charge on any atom is 0.404 e. The van der Waals surface area contributed by atoms with Gasteiger partial charge in [0.15, 0.2) is 5.41 Å². The quantitative estimate of drug-likeness (QED) is 0.898. The van der Waals surface area contributed by atoms with Gasteiger partial charge in [-0.2, -0.15) is 24.5 Å². The van der Waals surface area contributed by atoms with Gasteiger partial charge in [-0.1, -0.05) is 0 Å². The van der Waals surface area contributed by atoms with E-state index in [2.05, 4.69) is 10.6 Å². The number of halogens is 3. The van der Waals surface area contributed by atoms with E-state index in [0.29, 0.717) is 0 Å². The summed E-state index contributed by atoms with van der Waals surface area (Å²) in [6, 6.07) is 1.38. The molecule has 19 heavy (non-hydrogen) atoms. The Morgan fingerprint density at radius 2 is 2.32 bits per heavy atom. The fraction of sp³-hybridized carbons (Fsp3) is 0.583. The van der Waals surface area contributed by atoms with Crippen molar-refractivity contribution in [1.82, 2.24) is 10.6 Å². The van der Waals surface area contributed by atoms with Gasteiger partial charge in [-0.3, -0.25) is 4.79 Å². The van der Waals surface area contributed by atoms with Gasteiger partial charge in [-0.15, -0.1) is 0 Å². The summed E-state index contributed by atoms with van der Waals surface area (Å²) < 4.78 is 39.5. The fourth-order valence-corrected chi connectivity index (χ4v) is 2.95. The Balaban J connectivity index is 2.13. The minimum atomic E-state index is -4.53. The van der Waals surface area contributed by atoms with Gasteiger partial charge in [-0.05, 0) is 42.3 Å². The highest BCUT2D eigenvalue weighted by molar-refractivity contribution is 7.07. The Hall–Kier alpha value is -1.08. The van der Waals surface area contributed by atoms with Gasteiger partial charge in [0.1, 0.15) is 0 Å². The Bertz CT molecular complexity index is 438. The van der Waals surface area contributed by atoms with Crippen LogP contribution in [0.25, 0.3) is 0 Å². The van der Waals surface area contributed by atoms with Crippen LogP contribution in [0.15, 0.2) is 16.8 Å². The summed E-state index contributed by atoms with van der Waals surface area (Å²) in [5.41, 5.74) is -1.47. The van der Waals surface area contributed by atoms with Crippen molar-refractivity contribution in [3.05, 3.63) is 22.4 Å². The second-order valence-corrected chi connectivity index (χ2v) is 5.54. The summed E-state index contributed by atoms with van der Waals surface area (Å²) in [6.07, 6.45) is -4.74. The first kappa shape index (κ1) is 14.3. The molecule has 1 aliphatic heterocycles. The van der Waals surface area contributed by atoms with Crippen LogP contribution in [0.2, 0.25) is 0 Å². The first-order chi connectivity index (χ1) is 8.87. The molecule has 106 valence electrons. The van der Waals surface area contributed by atoms with Crippen LogP contribution >= 0.6 is 11.3 Å². The van der Waals surface area contributed by atoms with Gasteiger partial charge in [-0.25, -0.2) is 0 Å². The van der Waals surface area contributed by atoms with Crippen molar-refractivity contribution in [2.75, 3.05) is 13.1 Å². The molecule has 0 radical (unpaired) electrons. The maximum absolute atomic E-state index is 13.2. The summed E-state index contributed by atoms with van der Waals surface area (Å²) in [5.74, 6) is -0.941. The van der Waals surface area contributed by atoms with Crippen molar-refractivity contribution in [2.45, 2.75) is 25.6 Å². The monoisotopic (exact) mass is 292 g/mol.